The second-order valence-corrected chi connectivity index (χ2v) is 9.12. The number of carbonyl (C=O) groups is 2. The van der Waals surface area contributed by atoms with Gasteiger partial charge in [-0.25, -0.2) is 8.42 Å². The number of hydrogen-bond acceptors (Lipinski definition) is 8. The second kappa shape index (κ2) is 7.10. The summed E-state index contributed by atoms with van der Waals surface area (Å²) in [5, 5.41) is 16.7. The number of halogens is 3. The minimum atomic E-state index is -4.80. The van der Waals surface area contributed by atoms with Crippen molar-refractivity contribution in [2.24, 2.45) is 5.73 Å². The van der Waals surface area contributed by atoms with Crippen molar-refractivity contribution in [2.45, 2.75) is 34.9 Å². The SMILES string of the molecule is CC(C)(O)C(=O)Nc1sc(S(=O)(=O)c2ccc(C(F)(F)F)nn2)cc1C(N)=O. The van der Waals surface area contributed by atoms with Crippen LogP contribution in [-0.2, 0) is 20.8 Å². The monoisotopic (exact) mass is 438 g/mol. The van der Waals surface area contributed by atoms with E-state index in [1.54, 1.807) is 0 Å². The molecule has 0 unspecified atom stereocenters. The van der Waals surface area contributed by atoms with Gasteiger partial charge in [0.2, 0.25) is 9.84 Å². The number of nitrogens with one attached hydrogen (secondary N) is 1. The van der Waals surface area contributed by atoms with Crippen molar-refractivity contribution in [1.82, 2.24) is 10.2 Å². The van der Waals surface area contributed by atoms with Gasteiger partial charge in [0.05, 0.1) is 5.56 Å². The van der Waals surface area contributed by atoms with Gasteiger partial charge in [-0.1, -0.05) is 0 Å². The maximum absolute atomic E-state index is 12.6. The van der Waals surface area contributed by atoms with Crippen LogP contribution in [0.4, 0.5) is 18.2 Å². The summed E-state index contributed by atoms with van der Waals surface area (Å²) in [4.78, 5) is 23.4. The molecular formula is C14H13F3N4O5S2. The summed E-state index contributed by atoms with van der Waals surface area (Å²) >= 11 is 0.422. The Hall–Kier alpha value is -2.58. The summed E-state index contributed by atoms with van der Waals surface area (Å²) in [5.41, 5.74) is 1.59. The Labute approximate surface area is 160 Å². The summed E-state index contributed by atoms with van der Waals surface area (Å²) in [6, 6.07) is 1.91. The Morgan fingerprint density at radius 1 is 1.21 bits per heavy atom. The molecule has 2 aromatic heterocycles. The highest BCUT2D eigenvalue weighted by molar-refractivity contribution is 7.93. The molecule has 2 amide bonds. The Balaban J connectivity index is 2.47. The first-order valence-corrected chi connectivity index (χ1v) is 9.57. The predicted octanol–water partition coefficient (Wildman–Crippen LogP) is 1.20. The van der Waals surface area contributed by atoms with Crippen LogP contribution in [-0.4, -0.2) is 41.1 Å². The van der Waals surface area contributed by atoms with Gasteiger partial charge in [0.25, 0.3) is 11.8 Å². The summed E-state index contributed by atoms with van der Waals surface area (Å²) < 4.78 is 62.3. The molecular weight excluding hydrogens is 425 g/mol. The molecule has 2 rings (SSSR count). The predicted molar refractivity (Wildman–Crippen MR) is 90.3 cm³/mol. The molecule has 0 aromatic carbocycles. The van der Waals surface area contributed by atoms with Gasteiger partial charge in [-0.3, -0.25) is 9.59 Å². The average Bonchev–Trinajstić information content (AvgIpc) is 2.98. The molecule has 0 fully saturated rings. The lowest BCUT2D eigenvalue weighted by atomic mass is 10.1. The maximum atomic E-state index is 12.6. The third kappa shape index (κ3) is 4.45. The van der Waals surface area contributed by atoms with E-state index in [0.29, 0.717) is 23.5 Å². The van der Waals surface area contributed by atoms with Gasteiger partial charge in [0.15, 0.2) is 10.7 Å². The van der Waals surface area contributed by atoms with Crippen LogP contribution in [0.5, 0.6) is 0 Å². The number of aliphatic hydroxyl groups is 1. The van der Waals surface area contributed by atoms with Crippen molar-refractivity contribution in [1.29, 1.82) is 0 Å². The van der Waals surface area contributed by atoms with Crippen molar-refractivity contribution in [3.8, 4) is 0 Å². The molecule has 0 saturated carbocycles. The first kappa shape index (κ1) is 21.7. The Morgan fingerprint density at radius 3 is 2.25 bits per heavy atom. The fourth-order valence-electron chi connectivity index (χ4n) is 1.75. The number of nitrogens with two attached hydrogens (primary N) is 1. The van der Waals surface area contributed by atoms with Gasteiger partial charge in [-0.2, -0.15) is 13.2 Å². The van der Waals surface area contributed by atoms with Crippen LogP contribution in [0, 0.1) is 0 Å². The van der Waals surface area contributed by atoms with Crippen LogP contribution in [0.2, 0.25) is 0 Å². The summed E-state index contributed by atoms with van der Waals surface area (Å²) in [7, 11) is -4.45. The summed E-state index contributed by atoms with van der Waals surface area (Å²) in [6.07, 6.45) is -4.80. The standard InChI is InChI=1S/C14H13F3N4O5S2/c1-13(2,24)12(23)19-11-6(10(18)22)5-9(27-11)28(25,26)8-4-3-7(20-21-8)14(15,16)17/h3-5,24H,1-2H3,(H2,18,22)(H,19,23). The van der Waals surface area contributed by atoms with Gasteiger partial charge in [-0.15, -0.1) is 21.5 Å². The first-order valence-electron chi connectivity index (χ1n) is 7.27. The molecule has 28 heavy (non-hydrogen) atoms. The van der Waals surface area contributed by atoms with E-state index in [1.807, 2.05) is 0 Å². The van der Waals surface area contributed by atoms with Gasteiger partial charge >= 0.3 is 6.18 Å². The van der Waals surface area contributed by atoms with Crippen molar-refractivity contribution in [2.75, 3.05) is 5.32 Å². The van der Waals surface area contributed by atoms with Crippen LogP contribution in [0.1, 0.15) is 29.9 Å². The van der Waals surface area contributed by atoms with Crippen molar-refractivity contribution < 1.29 is 36.3 Å². The first-order chi connectivity index (χ1) is 12.6. The number of amides is 2. The number of nitrogens with zero attached hydrogens (tertiary/aromatic N) is 2. The number of hydrogen-bond donors (Lipinski definition) is 3. The van der Waals surface area contributed by atoms with Crippen LogP contribution < -0.4 is 11.1 Å². The lowest BCUT2D eigenvalue weighted by Gasteiger charge is -2.16. The maximum Gasteiger partial charge on any atom is 0.435 e. The number of thiophene rings is 1. The molecule has 0 atom stereocenters. The van der Waals surface area contributed by atoms with Crippen LogP contribution in [0.15, 0.2) is 27.4 Å². The van der Waals surface area contributed by atoms with Crippen molar-refractivity contribution in [3.63, 3.8) is 0 Å². The van der Waals surface area contributed by atoms with Gasteiger partial charge in [-0.05, 0) is 32.0 Å². The van der Waals surface area contributed by atoms with Gasteiger partial charge < -0.3 is 16.2 Å². The normalized spacial score (nSPS) is 12.6. The van der Waals surface area contributed by atoms with Crippen molar-refractivity contribution in [3.05, 3.63) is 29.5 Å². The Morgan fingerprint density at radius 2 is 1.82 bits per heavy atom. The van der Waals surface area contributed by atoms with Gasteiger partial charge in [0.1, 0.15) is 14.8 Å². The number of anilines is 1. The molecule has 2 aromatic rings. The molecule has 152 valence electrons. The lowest BCUT2D eigenvalue weighted by molar-refractivity contribution is -0.141. The molecule has 0 aliphatic rings. The van der Waals surface area contributed by atoms with E-state index in [9.17, 15) is 36.3 Å². The number of primary amides is 1. The van der Waals surface area contributed by atoms with Crippen molar-refractivity contribution >= 4 is 38.0 Å². The van der Waals surface area contributed by atoms with E-state index in [4.69, 9.17) is 5.73 Å². The lowest BCUT2D eigenvalue weighted by Crippen LogP contribution is -2.36. The fraction of sp³-hybridized carbons (Fsp3) is 0.286. The zero-order valence-electron chi connectivity index (χ0n) is 14.2. The minimum Gasteiger partial charge on any atom is -0.381 e. The fourth-order valence-corrected chi connectivity index (χ4v) is 4.36. The van der Waals surface area contributed by atoms with Crippen LogP contribution >= 0.6 is 11.3 Å². The van der Waals surface area contributed by atoms with E-state index in [0.717, 1.165) is 19.9 Å². The number of carbonyl (C=O) groups excluding carboxylic acids is 2. The molecule has 9 nitrogen and oxygen atoms in total. The van der Waals surface area contributed by atoms with E-state index >= 15 is 0 Å². The van der Waals surface area contributed by atoms with E-state index in [1.165, 1.54) is 0 Å². The Kier molecular flexibility index (Phi) is 5.51. The number of aromatic nitrogens is 2. The zero-order chi connectivity index (χ0) is 21.5. The summed E-state index contributed by atoms with van der Waals surface area (Å²) in [6.45, 7) is 2.32. The molecule has 0 aliphatic carbocycles. The largest absolute Gasteiger partial charge is 0.435 e. The topological polar surface area (TPSA) is 152 Å². The highest BCUT2D eigenvalue weighted by Crippen LogP contribution is 2.35. The molecule has 14 heteroatoms. The molecule has 2 heterocycles. The average molecular weight is 438 g/mol. The van der Waals surface area contributed by atoms with Crippen LogP contribution in [0.25, 0.3) is 0 Å². The number of alkyl halides is 3. The third-order valence-corrected chi connectivity index (χ3v) is 6.40. The van der Waals surface area contributed by atoms with Crippen LogP contribution in [0.3, 0.4) is 0 Å². The molecule has 0 saturated heterocycles. The Bertz CT molecular complexity index is 1020. The number of rotatable bonds is 5. The van der Waals surface area contributed by atoms with Gasteiger partial charge in [0, 0.05) is 0 Å². The zero-order valence-corrected chi connectivity index (χ0v) is 15.9. The highest BCUT2D eigenvalue weighted by Gasteiger charge is 2.34. The number of sulfone groups is 1. The molecule has 0 bridgehead atoms. The van der Waals surface area contributed by atoms with E-state index in [-0.39, 0.29) is 10.6 Å². The molecule has 0 aliphatic heterocycles. The molecule has 4 N–H and O–H groups in total. The second-order valence-electron chi connectivity index (χ2n) is 5.94. The molecule has 0 spiro atoms. The quantitative estimate of drug-likeness (QED) is 0.634. The van der Waals surface area contributed by atoms with E-state index < -0.39 is 48.4 Å². The third-order valence-electron chi connectivity index (χ3n) is 3.23. The molecule has 0 radical (unpaired) electrons. The summed E-state index contributed by atoms with van der Waals surface area (Å²) in [5.74, 6) is -2.00. The van der Waals surface area contributed by atoms with E-state index in [2.05, 4.69) is 15.5 Å². The highest BCUT2D eigenvalue weighted by atomic mass is 32.2. The minimum absolute atomic E-state index is 0.252. The smallest absolute Gasteiger partial charge is 0.381 e.